The van der Waals surface area contributed by atoms with Gasteiger partial charge in [-0.25, -0.2) is 0 Å². The molecule has 21 heavy (non-hydrogen) atoms. The summed E-state index contributed by atoms with van der Waals surface area (Å²) in [4.78, 5) is 6.61. The fraction of sp³-hybridized carbons (Fsp3) is 0.333. The molecule has 1 aromatic carbocycles. The van der Waals surface area contributed by atoms with E-state index >= 15 is 0 Å². The summed E-state index contributed by atoms with van der Waals surface area (Å²) in [6, 6.07) is 18.5. The third kappa shape index (κ3) is 3.12. The van der Waals surface area contributed by atoms with E-state index in [4.69, 9.17) is 0 Å². The summed E-state index contributed by atoms with van der Waals surface area (Å²) in [6.45, 7) is 2.14. The fourth-order valence-electron chi connectivity index (χ4n) is 2.50. The molecule has 0 saturated carbocycles. The molecule has 1 heterocycles. The molecular weight excluding hydrogens is 258 g/mol. The molecule has 0 fully saturated rings. The lowest BCUT2D eigenvalue weighted by Crippen LogP contribution is -2.36. The van der Waals surface area contributed by atoms with Crippen molar-refractivity contribution < 1.29 is 0 Å². The summed E-state index contributed by atoms with van der Waals surface area (Å²) < 4.78 is 0. The molecule has 0 radical (unpaired) electrons. The number of nitriles is 1. The Hall–Kier alpha value is -2.18. The first-order valence-corrected chi connectivity index (χ1v) is 7.15. The number of nitrogens with zero attached hydrogens (tertiary/aromatic N) is 3. The van der Waals surface area contributed by atoms with Crippen LogP contribution in [0, 0.1) is 11.3 Å². The predicted octanol–water partition coefficient (Wildman–Crippen LogP) is 3.23. The van der Waals surface area contributed by atoms with E-state index in [1.807, 2.05) is 62.6 Å². The summed E-state index contributed by atoms with van der Waals surface area (Å²) >= 11 is 0. The third-order valence-corrected chi connectivity index (χ3v) is 4.04. The normalized spacial score (nSPS) is 15.2. The lowest BCUT2D eigenvalue weighted by molar-refractivity contribution is 0.273. The fourth-order valence-corrected chi connectivity index (χ4v) is 2.50. The molecule has 0 spiro atoms. The van der Waals surface area contributed by atoms with Crippen LogP contribution in [0.15, 0.2) is 54.7 Å². The van der Waals surface area contributed by atoms with E-state index in [-0.39, 0.29) is 6.04 Å². The quantitative estimate of drug-likeness (QED) is 0.843. The van der Waals surface area contributed by atoms with Gasteiger partial charge in [-0.3, -0.25) is 4.98 Å². The van der Waals surface area contributed by atoms with Gasteiger partial charge in [0.25, 0.3) is 0 Å². The van der Waals surface area contributed by atoms with E-state index in [0.717, 1.165) is 11.3 Å². The van der Waals surface area contributed by atoms with Crippen LogP contribution >= 0.6 is 0 Å². The Labute approximate surface area is 126 Å². The van der Waals surface area contributed by atoms with Crippen molar-refractivity contribution in [3.05, 3.63) is 66.0 Å². The molecule has 3 heteroatoms. The highest BCUT2D eigenvalue weighted by Crippen LogP contribution is 2.35. The van der Waals surface area contributed by atoms with Crippen LogP contribution in [0.2, 0.25) is 0 Å². The Morgan fingerprint density at radius 3 is 2.33 bits per heavy atom. The van der Waals surface area contributed by atoms with Gasteiger partial charge in [0, 0.05) is 12.2 Å². The first-order valence-electron chi connectivity index (χ1n) is 7.15. The van der Waals surface area contributed by atoms with E-state index in [2.05, 4.69) is 22.9 Å². The van der Waals surface area contributed by atoms with Crippen molar-refractivity contribution in [2.45, 2.75) is 24.8 Å². The number of rotatable bonds is 5. The Morgan fingerprint density at radius 2 is 1.81 bits per heavy atom. The Bertz CT molecular complexity index is 560. The van der Waals surface area contributed by atoms with Gasteiger partial charge in [-0.1, -0.05) is 36.4 Å². The maximum Gasteiger partial charge on any atom is 0.126 e. The van der Waals surface area contributed by atoms with Crippen LogP contribution in [-0.4, -0.2) is 30.0 Å². The molecule has 1 aromatic heterocycles. The monoisotopic (exact) mass is 279 g/mol. The standard InChI is InChI=1S/C18H21N3/c1-15(21(2)3)13-18(14-19,16-9-5-4-6-10-16)17-11-7-8-12-20-17/h4-12,15H,13H2,1-3H3/t15-,18-/m1/s1. The first kappa shape index (κ1) is 15.2. The zero-order valence-corrected chi connectivity index (χ0v) is 12.8. The Morgan fingerprint density at radius 1 is 1.14 bits per heavy atom. The number of pyridine rings is 1. The average molecular weight is 279 g/mol. The van der Waals surface area contributed by atoms with Crippen molar-refractivity contribution in [3.8, 4) is 6.07 Å². The lowest BCUT2D eigenvalue weighted by atomic mass is 9.74. The van der Waals surface area contributed by atoms with Gasteiger partial charge < -0.3 is 4.90 Å². The first-order chi connectivity index (χ1) is 10.1. The van der Waals surface area contributed by atoms with Crippen molar-refractivity contribution in [3.63, 3.8) is 0 Å². The van der Waals surface area contributed by atoms with E-state index in [9.17, 15) is 5.26 Å². The molecule has 2 rings (SSSR count). The van der Waals surface area contributed by atoms with Crippen LogP contribution in [0.1, 0.15) is 24.6 Å². The second kappa shape index (κ2) is 6.51. The minimum atomic E-state index is -0.716. The van der Waals surface area contributed by atoms with Gasteiger partial charge in [0.2, 0.25) is 0 Å². The largest absolute Gasteiger partial charge is 0.307 e. The number of hydrogen-bond acceptors (Lipinski definition) is 3. The molecule has 0 aliphatic carbocycles. The molecular formula is C18H21N3. The molecule has 2 aromatic rings. The SMILES string of the molecule is C[C@H](C[C@@](C#N)(c1ccccc1)c1ccccn1)N(C)C. The summed E-state index contributed by atoms with van der Waals surface area (Å²) in [5, 5.41) is 10.0. The van der Waals surface area contributed by atoms with Gasteiger partial charge in [-0.2, -0.15) is 5.26 Å². The molecule has 0 aliphatic heterocycles. The number of hydrogen-bond donors (Lipinski definition) is 0. The Kier molecular flexibility index (Phi) is 4.72. The summed E-state index contributed by atoms with van der Waals surface area (Å²) in [6.07, 6.45) is 2.46. The highest BCUT2D eigenvalue weighted by atomic mass is 15.1. The van der Waals surface area contributed by atoms with Gasteiger partial charge in [-0.15, -0.1) is 0 Å². The maximum atomic E-state index is 10.0. The van der Waals surface area contributed by atoms with E-state index in [0.29, 0.717) is 6.42 Å². The highest BCUT2D eigenvalue weighted by molar-refractivity contribution is 5.43. The van der Waals surface area contributed by atoms with Crippen LogP contribution in [0.4, 0.5) is 0 Å². The Balaban J connectivity index is 2.55. The maximum absolute atomic E-state index is 10.0. The predicted molar refractivity (Wildman–Crippen MR) is 84.8 cm³/mol. The van der Waals surface area contributed by atoms with Crippen LogP contribution in [-0.2, 0) is 5.41 Å². The van der Waals surface area contributed by atoms with Crippen molar-refractivity contribution >= 4 is 0 Å². The molecule has 0 amide bonds. The molecule has 0 bridgehead atoms. The highest BCUT2D eigenvalue weighted by Gasteiger charge is 2.37. The topological polar surface area (TPSA) is 39.9 Å². The van der Waals surface area contributed by atoms with Gasteiger partial charge in [0.05, 0.1) is 11.8 Å². The number of aromatic nitrogens is 1. The minimum absolute atomic E-state index is 0.270. The molecule has 0 aliphatic rings. The summed E-state index contributed by atoms with van der Waals surface area (Å²) in [5.74, 6) is 0. The average Bonchev–Trinajstić information content (AvgIpc) is 2.54. The molecule has 108 valence electrons. The van der Waals surface area contributed by atoms with Crippen molar-refractivity contribution in [2.75, 3.05) is 14.1 Å². The van der Waals surface area contributed by atoms with Gasteiger partial charge in [0.15, 0.2) is 0 Å². The van der Waals surface area contributed by atoms with Crippen molar-refractivity contribution in [2.24, 2.45) is 0 Å². The van der Waals surface area contributed by atoms with E-state index in [1.54, 1.807) is 6.20 Å². The van der Waals surface area contributed by atoms with Crippen molar-refractivity contribution in [1.29, 1.82) is 5.26 Å². The van der Waals surface area contributed by atoms with Gasteiger partial charge in [-0.05, 0) is 45.1 Å². The molecule has 3 nitrogen and oxygen atoms in total. The smallest absolute Gasteiger partial charge is 0.126 e. The van der Waals surface area contributed by atoms with Crippen LogP contribution < -0.4 is 0 Å². The van der Waals surface area contributed by atoms with E-state index < -0.39 is 5.41 Å². The number of benzene rings is 1. The van der Waals surface area contributed by atoms with Crippen molar-refractivity contribution in [1.82, 2.24) is 9.88 Å². The van der Waals surface area contributed by atoms with Gasteiger partial charge in [0.1, 0.15) is 5.41 Å². The van der Waals surface area contributed by atoms with Crippen LogP contribution in [0.25, 0.3) is 0 Å². The molecule has 0 unspecified atom stereocenters. The summed E-state index contributed by atoms with van der Waals surface area (Å²) in [5.41, 5.74) is 1.10. The lowest BCUT2D eigenvalue weighted by Gasteiger charge is -2.32. The third-order valence-electron chi connectivity index (χ3n) is 4.04. The van der Waals surface area contributed by atoms with Crippen LogP contribution in [0.3, 0.4) is 0 Å². The zero-order valence-electron chi connectivity index (χ0n) is 12.8. The van der Waals surface area contributed by atoms with Crippen LogP contribution in [0.5, 0.6) is 0 Å². The van der Waals surface area contributed by atoms with E-state index in [1.165, 1.54) is 0 Å². The minimum Gasteiger partial charge on any atom is -0.307 e. The molecule has 2 atom stereocenters. The molecule has 0 saturated heterocycles. The zero-order chi connectivity index (χ0) is 15.3. The molecule has 0 N–H and O–H groups in total. The van der Waals surface area contributed by atoms with Gasteiger partial charge >= 0.3 is 0 Å². The second-order valence-corrected chi connectivity index (χ2v) is 5.61. The second-order valence-electron chi connectivity index (χ2n) is 5.61. The summed E-state index contributed by atoms with van der Waals surface area (Å²) in [7, 11) is 4.08.